The Labute approximate surface area is 71.9 Å². The fourth-order valence-electron chi connectivity index (χ4n) is 0.318. The lowest BCUT2D eigenvalue weighted by molar-refractivity contribution is 0.810. The quantitative estimate of drug-likeness (QED) is 0.674. The van der Waals surface area contributed by atoms with Crippen LogP contribution in [-0.2, 0) is 0 Å². The average Bonchev–Trinajstić information content (AvgIpc) is 1.59. The van der Waals surface area contributed by atoms with Gasteiger partial charge in [0.05, 0.1) is 0 Å². The minimum atomic E-state index is 0.319. The van der Waals surface area contributed by atoms with E-state index in [1.807, 2.05) is 28.5 Å². The van der Waals surface area contributed by atoms with Crippen LogP contribution in [-0.4, -0.2) is 16.5 Å². The third kappa shape index (κ3) is 8.66. The zero-order valence-corrected chi connectivity index (χ0v) is 8.81. The first-order valence-electron chi connectivity index (χ1n) is 3.48. The molecule has 0 saturated heterocycles. The molecule has 0 aromatic rings. The van der Waals surface area contributed by atoms with Crippen molar-refractivity contribution in [3.05, 3.63) is 0 Å². The zero-order valence-electron chi connectivity index (χ0n) is 7.18. The van der Waals surface area contributed by atoms with Crippen molar-refractivity contribution in [3.8, 4) is 0 Å². The molecular formula is C7H17NS2. The molecule has 2 N–H and O–H groups in total. The summed E-state index contributed by atoms with van der Waals surface area (Å²) in [7, 11) is 3.76. The van der Waals surface area contributed by atoms with Gasteiger partial charge in [0.2, 0.25) is 0 Å². The molecule has 3 heteroatoms. The molecule has 62 valence electrons. The first-order chi connectivity index (χ1) is 4.42. The molecule has 0 aliphatic heterocycles. The van der Waals surface area contributed by atoms with Gasteiger partial charge >= 0.3 is 0 Å². The smallest absolute Gasteiger partial charge is 0.0186 e. The maximum Gasteiger partial charge on any atom is 0.0186 e. The van der Waals surface area contributed by atoms with E-state index in [0.717, 1.165) is 5.75 Å². The van der Waals surface area contributed by atoms with Gasteiger partial charge in [0, 0.05) is 16.5 Å². The Balaban J connectivity index is 3.21. The van der Waals surface area contributed by atoms with Gasteiger partial charge in [-0.25, -0.2) is 0 Å². The van der Waals surface area contributed by atoms with Crippen LogP contribution >= 0.6 is 21.6 Å². The summed E-state index contributed by atoms with van der Waals surface area (Å²) in [6, 6.07) is 0.319. The van der Waals surface area contributed by atoms with Crippen LogP contribution in [0, 0.1) is 0 Å². The molecule has 0 rings (SSSR count). The molecule has 0 bridgehead atoms. The summed E-state index contributed by atoms with van der Waals surface area (Å²) in [5, 5.41) is 0. The lowest BCUT2D eigenvalue weighted by atomic mass is 10.3. The van der Waals surface area contributed by atoms with E-state index in [9.17, 15) is 0 Å². The second-order valence-electron chi connectivity index (χ2n) is 3.46. The van der Waals surface area contributed by atoms with Crippen LogP contribution in [0.1, 0.15) is 27.7 Å². The molecular weight excluding hydrogens is 162 g/mol. The maximum atomic E-state index is 5.59. The number of nitrogens with two attached hydrogens (primary N) is 1. The first-order valence-corrected chi connectivity index (χ1v) is 5.80. The lowest BCUT2D eigenvalue weighted by Crippen LogP contribution is -2.17. The highest BCUT2D eigenvalue weighted by Gasteiger charge is 2.10. The van der Waals surface area contributed by atoms with Crippen LogP contribution in [0.25, 0.3) is 0 Å². The van der Waals surface area contributed by atoms with Gasteiger partial charge < -0.3 is 5.73 Å². The van der Waals surface area contributed by atoms with E-state index in [2.05, 4.69) is 20.8 Å². The van der Waals surface area contributed by atoms with Crippen molar-refractivity contribution in [1.82, 2.24) is 0 Å². The standard InChI is InChI=1S/C7H17NS2/c1-6(8)5-9-10-7(2,3)4/h6H,5,8H2,1-4H3. The SMILES string of the molecule is CC(N)CSSC(C)(C)C. The fraction of sp³-hybridized carbons (Fsp3) is 1.00. The molecule has 0 aromatic heterocycles. The lowest BCUT2D eigenvalue weighted by Gasteiger charge is -2.16. The molecule has 0 radical (unpaired) electrons. The molecule has 0 fully saturated rings. The first kappa shape index (κ1) is 10.7. The number of rotatable bonds is 3. The average molecular weight is 179 g/mol. The van der Waals surface area contributed by atoms with Crippen molar-refractivity contribution in [2.45, 2.75) is 38.5 Å². The Kier molecular flexibility index (Phi) is 4.82. The fourth-order valence-corrected chi connectivity index (χ4v) is 2.86. The molecule has 1 atom stereocenters. The van der Waals surface area contributed by atoms with Crippen molar-refractivity contribution in [2.75, 3.05) is 5.75 Å². The largest absolute Gasteiger partial charge is 0.327 e. The van der Waals surface area contributed by atoms with E-state index in [1.54, 1.807) is 0 Å². The highest BCUT2D eigenvalue weighted by atomic mass is 33.1. The highest BCUT2D eigenvalue weighted by molar-refractivity contribution is 8.77. The van der Waals surface area contributed by atoms with Crippen molar-refractivity contribution in [2.24, 2.45) is 5.73 Å². The second kappa shape index (κ2) is 4.52. The second-order valence-corrected chi connectivity index (χ2v) is 6.63. The molecule has 10 heavy (non-hydrogen) atoms. The zero-order chi connectivity index (χ0) is 8.20. The van der Waals surface area contributed by atoms with Crippen LogP contribution in [0.5, 0.6) is 0 Å². The normalized spacial score (nSPS) is 15.3. The summed E-state index contributed by atoms with van der Waals surface area (Å²) >= 11 is 0. The Hall–Kier alpha value is 0.660. The molecule has 0 aliphatic carbocycles. The highest BCUT2D eigenvalue weighted by Crippen LogP contribution is 2.34. The summed E-state index contributed by atoms with van der Waals surface area (Å²) < 4.78 is 0.361. The minimum Gasteiger partial charge on any atom is -0.327 e. The summed E-state index contributed by atoms with van der Waals surface area (Å²) in [6.07, 6.45) is 0. The van der Waals surface area contributed by atoms with E-state index < -0.39 is 0 Å². The number of hydrogen-bond donors (Lipinski definition) is 1. The summed E-state index contributed by atoms with van der Waals surface area (Å²) in [5.74, 6) is 1.04. The molecule has 1 unspecified atom stereocenters. The Morgan fingerprint density at radius 3 is 2.20 bits per heavy atom. The van der Waals surface area contributed by atoms with Crippen LogP contribution in [0.4, 0.5) is 0 Å². The van der Waals surface area contributed by atoms with Gasteiger partial charge in [-0.15, -0.1) is 0 Å². The third-order valence-electron chi connectivity index (χ3n) is 0.640. The Bertz CT molecular complexity index is 86.1. The summed E-state index contributed by atoms with van der Waals surface area (Å²) in [6.45, 7) is 8.68. The van der Waals surface area contributed by atoms with E-state index in [1.165, 1.54) is 0 Å². The van der Waals surface area contributed by atoms with Gasteiger partial charge in [-0.05, 0) is 6.92 Å². The molecule has 1 nitrogen and oxygen atoms in total. The van der Waals surface area contributed by atoms with Gasteiger partial charge in [0.15, 0.2) is 0 Å². The van der Waals surface area contributed by atoms with Crippen molar-refractivity contribution >= 4 is 21.6 Å². The predicted octanol–water partition coefficient (Wildman–Crippen LogP) is 2.51. The third-order valence-corrected chi connectivity index (χ3v) is 4.18. The molecule has 0 saturated carbocycles. The minimum absolute atomic E-state index is 0.319. The van der Waals surface area contributed by atoms with Gasteiger partial charge in [0.1, 0.15) is 0 Å². The van der Waals surface area contributed by atoms with Gasteiger partial charge in [-0.3, -0.25) is 0 Å². The van der Waals surface area contributed by atoms with Crippen molar-refractivity contribution < 1.29 is 0 Å². The Morgan fingerprint density at radius 2 is 1.90 bits per heavy atom. The van der Waals surface area contributed by atoms with Gasteiger partial charge in [-0.1, -0.05) is 42.4 Å². The molecule has 0 aromatic carbocycles. The topological polar surface area (TPSA) is 26.0 Å². The van der Waals surface area contributed by atoms with Gasteiger partial charge in [-0.2, -0.15) is 0 Å². The van der Waals surface area contributed by atoms with Crippen LogP contribution < -0.4 is 5.73 Å². The summed E-state index contributed by atoms with van der Waals surface area (Å²) in [4.78, 5) is 0. The van der Waals surface area contributed by atoms with Crippen molar-refractivity contribution in [3.63, 3.8) is 0 Å². The maximum absolute atomic E-state index is 5.59. The van der Waals surface area contributed by atoms with E-state index in [0.29, 0.717) is 10.8 Å². The predicted molar refractivity (Wildman–Crippen MR) is 53.5 cm³/mol. The number of hydrogen-bond acceptors (Lipinski definition) is 3. The van der Waals surface area contributed by atoms with Crippen LogP contribution in [0.2, 0.25) is 0 Å². The van der Waals surface area contributed by atoms with E-state index in [4.69, 9.17) is 5.73 Å². The van der Waals surface area contributed by atoms with Crippen LogP contribution in [0.3, 0.4) is 0 Å². The van der Waals surface area contributed by atoms with Gasteiger partial charge in [0.25, 0.3) is 0 Å². The van der Waals surface area contributed by atoms with E-state index >= 15 is 0 Å². The molecule has 0 heterocycles. The van der Waals surface area contributed by atoms with Crippen molar-refractivity contribution in [1.29, 1.82) is 0 Å². The molecule has 0 amide bonds. The summed E-state index contributed by atoms with van der Waals surface area (Å²) in [5.41, 5.74) is 5.59. The molecule has 0 spiro atoms. The monoisotopic (exact) mass is 179 g/mol. The molecule has 0 aliphatic rings. The van der Waals surface area contributed by atoms with Crippen LogP contribution in [0.15, 0.2) is 0 Å². The Morgan fingerprint density at radius 1 is 1.40 bits per heavy atom. The van der Waals surface area contributed by atoms with E-state index in [-0.39, 0.29) is 0 Å².